The molecule has 4 heteroatoms. The molecular weight excluding hydrogens is 536 g/mol. The Kier molecular flexibility index (Phi) is 3.98. The summed E-state index contributed by atoms with van der Waals surface area (Å²) in [5, 5.41) is 5.62. The molecule has 44 heavy (non-hydrogen) atoms. The molecule has 5 aliphatic rings. The van der Waals surface area contributed by atoms with Gasteiger partial charge in [0.15, 0.2) is 0 Å². The van der Waals surface area contributed by atoms with E-state index in [0.29, 0.717) is 17.9 Å². The first-order valence-electron chi connectivity index (χ1n) is 16.9. The zero-order chi connectivity index (χ0) is 28.3. The van der Waals surface area contributed by atoms with Gasteiger partial charge >= 0.3 is 0 Å². The Labute approximate surface area is 255 Å². The third kappa shape index (κ3) is 2.37. The van der Waals surface area contributed by atoms with Crippen molar-refractivity contribution in [2.45, 2.75) is 50.2 Å². The number of nitrogens with zero attached hydrogens (tertiary/aromatic N) is 4. The Bertz CT molecular complexity index is 2400. The summed E-state index contributed by atoms with van der Waals surface area (Å²) >= 11 is 0. The van der Waals surface area contributed by atoms with Gasteiger partial charge < -0.3 is 0 Å². The van der Waals surface area contributed by atoms with Gasteiger partial charge in [-0.25, -0.2) is 4.57 Å². The van der Waals surface area contributed by atoms with Crippen LogP contribution in [0.3, 0.4) is 0 Å². The number of hydrogen-bond donors (Lipinski definition) is 0. The molecule has 0 bridgehead atoms. The van der Waals surface area contributed by atoms with E-state index < -0.39 is 0 Å². The Balaban J connectivity index is 1.37. The number of hydrogen-bond acceptors (Lipinski definition) is 0. The average Bonchev–Trinajstić information content (AvgIpc) is 3.87. The van der Waals surface area contributed by atoms with Gasteiger partial charge in [0, 0.05) is 28.3 Å². The smallest absolute Gasteiger partial charge is 0.255 e. The van der Waals surface area contributed by atoms with Crippen molar-refractivity contribution in [3.63, 3.8) is 0 Å². The van der Waals surface area contributed by atoms with Gasteiger partial charge in [-0.15, -0.1) is 0 Å². The lowest BCUT2D eigenvalue weighted by atomic mass is 9.61. The van der Waals surface area contributed by atoms with Gasteiger partial charge in [0.1, 0.15) is 17.2 Å². The van der Waals surface area contributed by atoms with Gasteiger partial charge in [-0.3, -0.25) is 4.57 Å². The van der Waals surface area contributed by atoms with Crippen LogP contribution in [0.1, 0.15) is 44.6 Å². The summed E-state index contributed by atoms with van der Waals surface area (Å²) < 4.78 is 11.3. The van der Waals surface area contributed by atoms with Crippen molar-refractivity contribution in [2.75, 3.05) is 0 Å². The lowest BCUT2D eigenvalue weighted by Crippen LogP contribution is -2.86. The SMILES string of the molecule is c1ccc(-c2ccc3[n+](c2)C24C5CCCC5CC5CCC(C52)n2c5ccccc5c5cc6c7ccccc7n-3c6[n+]4c52)cc1. The fourth-order valence-electron chi connectivity index (χ4n) is 11.7. The Morgan fingerprint density at radius 3 is 2.30 bits per heavy atom. The van der Waals surface area contributed by atoms with Crippen LogP contribution in [-0.4, -0.2) is 9.13 Å². The van der Waals surface area contributed by atoms with Crippen LogP contribution in [0.15, 0.2) is 103 Å². The van der Waals surface area contributed by atoms with E-state index >= 15 is 0 Å². The molecule has 0 radical (unpaired) electrons. The van der Waals surface area contributed by atoms with E-state index in [1.54, 1.807) is 0 Å². The second-order valence-electron chi connectivity index (χ2n) is 14.5. The highest BCUT2D eigenvalue weighted by molar-refractivity contribution is 6.14. The van der Waals surface area contributed by atoms with Crippen LogP contribution in [0.25, 0.3) is 60.8 Å². The van der Waals surface area contributed by atoms with Gasteiger partial charge in [0.05, 0.1) is 22.7 Å². The molecular formula is C40H34N4+2. The predicted molar refractivity (Wildman–Crippen MR) is 174 cm³/mol. The highest BCUT2D eigenvalue weighted by Gasteiger charge is 2.72. The van der Waals surface area contributed by atoms with E-state index in [9.17, 15) is 0 Å². The minimum absolute atomic E-state index is 0.113. The molecule has 6 heterocycles. The molecule has 4 nitrogen and oxygen atoms in total. The molecule has 7 aromatic rings. The van der Waals surface area contributed by atoms with Crippen LogP contribution in [0, 0.1) is 23.7 Å². The van der Waals surface area contributed by atoms with Gasteiger partial charge in [0.25, 0.3) is 5.82 Å². The van der Waals surface area contributed by atoms with E-state index in [1.165, 1.54) is 99.3 Å². The molecule has 3 fully saturated rings. The zero-order valence-corrected chi connectivity index (χ0v) is 24.7. The van der Waals surface area contributed by atoms with Crippen LogP contribution in [0.4, 0.5) is 0 Å². The molecule has 12 rings (SSSR count). The maximum absolute atomic E-state index is 2.96. The normalized spacial score (nSPS) is 29.1. The second-order valence-corrected chi connectivity index (χ2v) is 14.5. The van der Waals surface area contributed by atoms with Crippen molar-refractivity contribution in [1.82, 2.24) is 9.13 Å². The molecule has 3 aliphatic carbocycles. The van der Waals surface area contributed by atoms with Crippen molar-refractivity contribution in [3.8, 4) is 16.9 Å². The van der Waals surface area contributed by atoms with Crippen LogP contribution in [0.2, 0.25) is 0 Å². The summed E-state index contributed by atoms with van der Waals surface area (Å²) in [6, 6.07) is 37.4. The van der Waals surface area contributed by atoms with Crippen LogP contribution in [0.5, 0.6) is 0 Å². The maximum Gasteiger partial charge on any atom is 0.264 e. The largest absolute Gasteiger partial charge is 0.264 e. The van der Waals surface area contributed by atoms with E-state index in [4.69, 9.17) is 0 Å². The summed E-state index contributed by atoms with van der Waals surface area (Å²) in [4.78, 5) is 0. The minimum atomic E-state index is -0.113. The van der Waals surface area contributed by atoms with Gasteiger partial charge in [-0.2, -0.15) is 9.13 Å². The number of pyridine rings is 2. The van der Waals surface area contributed by atoms with Gasteiger partial charge in [-0.1, -0.05) is 73.2 Å². The second kappa shape index (κ2) is 7.61. The zero-order valence-electron chi connectivity index (χ0n) is 24.7. The lowest BCUT2D eigenvalue weighted by molar-refractivity contribution is -1.00. The summed E-state index contributed by atoms with van der Waals surface area (Å²) in [7, 11) is 0. The van der Waals surface area contributed by atoms with Crippen LogP contribution < -0.4 is 9.13 Å². The molecule has 2 aliphatic heterocycles. The highest BCUT2D eigenvalue weighted by Crippen LogP contribution is 2.63. The van der Waals surface area contributed by atoms with E-state index in [0.717, 1.165) is 11.8 Å². The molecule has 0 N–H and O–H groups in total. The standard InChI is InChI=1S/C40H34N4/c1-2-9-24(10-3-1)27-18-20-36-41(23-27)40-32-14-8-11-25(32)21-26-17-19-35(37(26)40)42-33-15-6-4-12-28(33)30-22-31-29-13-5-7-16-34(29)43(36)39(31)44(40)38(30)42/h1-7,9-10,12-13,15-16,18,20,22-23,25-26,32,35,37H,8,11,14,17,19,21H2/q+2. The topological polar surface area (TPSA) is 17.6 Å². The molecule has 3 aromatic carbocycles. The molecule has 1 spiro atoms. The number of fused-ring (bicyclic) bond motifs is 10. The summed E-state index contributed by atoms with van der Waals surface area (Å²) in [6.07, 6.45) is 10.7. The van der Waals surface area contributed by atoms with Gasteiger partial charge in [-0.05, 0) is 73.8 Å². The van der Waals surface area contributed by atoms with E-state index in [2.05, 4.69) is 122 Å². The Morgan fingerprint density at radius 2 is 1.41 bits per heavy atom. The fourth-order valence-corrected chi connectivity index (χ4v) is 11.7. The van der Waals surface area contributed by atoms with Gasteiger partial charge in [0.2, 0.25) is 17.0 Å². The molecule has 212 valence electrons. The number of aromatic nitrogens is 4. The van der Waals surface area contributed by atoms with Crippen molar-refractivity contribution in [1.29, 1.82) is 0 Å². The number of rotatable bonds is 1. The Morgan fingerprint density at radius 1 is 0.636 bits per heavy atom. The lowest BCUT2D eigenvalue weighted by Gasteiger charge is -2.53. The van der Waals surface area contributed by atoms with E-state index in [-0.39, 0.29) is 5.66 Å². The Hall–Kier alpha value is -4.44. The fraction of sp³-hybridized carbons (Fsp3) is 0.300. The van der Waals surface area contributed by atoms with E-state index in [1.807, 2.05) is 0 Å². The summed E-state index contributed by atoms with van der Waals surface area (Å²) in [5.74, 6) is 4.10. The highest BCUT2D eigenvalue weighted by atomic mass is 15.4. The number of para-hydroxylation sites is 2. The van der Waals surface area contributed by atoms with Crippen LogP contribution in [-0.2, 0) is 5.66 Å². The summed E-state index contributed by atoms with van der Waals surface area (Å²) in [5.41, 5.74) is 8.13. The van der Waals surface area contributed by atoms with Crippen molar-refractivity contribution in [2.24, 2.45) is 23.7 Å². The molecule has 0 saturated heterocycles. The first-order valence-corrected chi connectivity index (χ1v) is 16.9. The predicted octanol–water partition coefficient (Wildman–Crippen LogP) is 8.05. The molecule has 4 aromatic heterocycles. The minimum Gasteiger partial charge on any atom is -0.255 e. The summed E-state index contributed by atoms with van der Waals surface area (Å²) in [6.45, 7) is 0. The average molecular weight is 571 g/mol. The quantitative estimate of drug-likeness (QED) is 0.178. The maximum atomic E-state index is 2.96. The van der Waals surface area contributed by atoms with Crippen LogP contribution >= 0.6 is 0 Å². The molecule has 6 unspecified atom stereocenters. The third-order valence-electron chi connectivity index (χ3n) is 12.9. The van der Waals surface area contributed by atoms with Crippen molar-refractivity contribution >= 4 is 43.9 Å². The first-order chi connectivity index (χ1) is 21.8. The third-order valence-corrected chi connectivity index (χ3v) is 12.9. The van der Waals surface area contributed by atoms with Crippen molar-refractivity contribution < 1.29 is 9.13 Å². The van der Waals surface area contributed by atoms with Crippen molar-refractivity contribution in [3.05, 3.63) is 103 Å². The molecule has 3 saturated carbocycles. The monoisotopic (exact) mass is 570 g/mol. The number of benzene rings is 3. The first kappa shape index (κ1) is 23.0. The molecule has 0 amide bonds. The molecule has 6 atom stereocenters.